The molecule has 0 N–H and O–H groups in total. The van der Waals surface area contributed by atoms with E-state index >= 15 is 0 Å². The van der Waals surface area contributed by atoms with Crippen molar-refractivity contribution in [2.45, 2.75) is 70.6 Å². The van der Waals surface area contributed by atoms with Gasteiger partial charge in [-0.3, -0.25) is 0 Å². The Hall–Kier alpha value is -5.66. The van der Waals surface area contributed by atoms with Crippen LogP contribution in [0.5, 0.6) is 0 Å². The second-order valence-electron chi connectivity index (χ2n) is 17.6. The summed E-state index contributed by atoms with van der Waals surface area (Å²) in [6.45, 7) is 14.4. The third-order valence-electron chi connectivity index (χ3n) is 13.7. The van der Waals surface area contributed by atoms with Crippen molar-refractivity contribution in [3.63, 3.8) is 0 Å². The number of allylic oxidation sites excluding steroid dienone is 1. The third-order valence-corrected chi connectivity index (χ3v) is 13.7. The van der Waals surface area contributed by atoms with Gasteiger partial charge >= 0.3 is 0 Å². The van der Waals surface area contributed by atoms with Gasteiger partial charge in [-0.2, -0.15) is 0 Å². The summed E-state index contributed by atoms with van der Waals surface area (Å²) < 4.78 is 0. The summed E-state index contributed by atoms with van der Waals surface area (Å²) in [6.07, 6.45) is 6.89. The van der Waals surface area contributed by atoms with Crippen molar-refractivity contribution in [3.05, 3.63) is 178 Å². The number of nitrogens with zero attached hydrogens (tertiary/aromatic N) is 1. The molecule has 2 aliphatic carbocycles. The van der Waals surface area contributed by atoms with E-state index in [1.54, 1.807) is 0 Å². The van der Waals surface area contributed by atoms with E-state index in [2.05, 4.69) is 186 Å². The molecule has 0 saturated heterocycles. The molecule has 0 saturated carbocycles. The first-order valence-corrected chi connectivity index (χ1v) is 19.8. The Morgan fingerprint density at radius 3 is 1.81 bits per heavy atom. The maximum atomic E-state index is 2.57. The molecule has 0 amide bonds. The van der Waals surface area contributed by atoms with Gasteiger partial charge in [0.1, 0.15) is 0 Å². The Bertz CT molecular complexity index is 2800. The topological polar surface area (TPSA) is 3.24 Å². The highest BCUT2D eigenvalue weighted by Crippen LogP contribution is 2.60. The van der Waals surface area contributed by atoms with E-state index in [0.717, 1.165) is 12.8 Å². The fraction of sp³-hybridized carbons (Fsp3) is 0.208. The van der Waals surface area contributed by atoms with Crippen LogP contribution in [0, 0.1) is 0 Å². The minimum absolute atomic E-state index is 0.0481. The van der Waals surface area contributed by atoms with Crippen LogP contribution in [-0.2, 0) is 22.7 Å². The predicted octanol–water partition coefficient (Wildman–Crippen LogP) is 14.2. The standard InChI is InChI=1S/C53H45N/c1-51(2)40-21-12-11-16-34(40)35-28-26-32(30-44(35)51)48-36-17-7-9-19-38(36)49(39-20-10-8-18-37(39)48)33-27-29-47-45(31-33)53(5,6)43-24-15-23-42-50(43)54(47)46-25-14-13-22-41(46)52(42,3)4/h7-9,11-19,21-31H,10,20H2,1-6H3. The highest BCUT2D eigenvalue weighted by Gasteiger charge is 2.45. The molecule has 0 fully saturated rings. The third kappa shape index (κ3) is 4.00. The van der Waals surface area contributed by atoms with E-state index in [1.807, 2.05) is 0 Å². The normalized spacial score (nSPS) is 17.3. The number of fused-ring (bicyclic) bond motifs is 9. The lowest BCUT2D eigenvalue weighted by molar-refractivity contribution is 0.597. The van der Waals surface area contributed by atoms with Crippen LogP contribution in [-0.4, -0.2) is 0 Å². The van der Waals surface area contributed by atoms with Gasteiger partial charge in [0, 0.05) is 16.2 Å². The van der Waals surface area contributed by atoms with Crippen molar-refractivity contribution >= 4 is 33.9 Å². The molecule has 11 rings (SSSR count). The Morgan fingerprint density at radius 1 is 0.463 bits per heavy atom. The first-order chi connectivity index (χ1) is 26.1. The van der Waals surface area contributed by atoms with Crippen LogP contribution < -0.4 is 4.90 Å². The summed E-state index contributed by atoms with van der Waals surface area (Å²) in [5.41, 5.74) is 23.0. The van der Waals surface area contributed by atoms with Gasteiger partial charge in [0.15, 0.2) is 0 Å². The number of anilines is 3. The molecule has 262 valence electrons. The zero-order valence-electron chi connectivity index (χ0n) is 32.1. The summed E-state index contributed by atoms with van der Waals surface area (Å²) in [6, 6.07) is 48.9. The molecule has 7 aromatic rings. The Kier molecular flexibility index (Phi) is 6.32. The molecule has 0 unspecified atom stereocenters. The van der Waals surface area contributed by atoms with Gasteiger partial charge in [-0.1, -0.05) is 157 Å². The van der Waals surface area contributed by atoms with E-state index in [9.17, 15) is 0 Å². The predicted molar refractivity (Wildman–Crippen MR) is 229 cm³/mol. The molecular weight excluding hydrogens is 651 g/mol. The van der Waals surface area contributed by atoms with Gasteiger partial charge in [0.2, 0.25) is 0 Å². The lowest BCUT2D eigenvalue weighted by Crippen LogP contribution is -2.38. The fourth-order valence-electron chi connectivity index (χ4n) is 10.9. The van der Waals surface area contributed by atoms with Crippen molar-refractivity contribution in [1.29, 1.82) is 0 Å². The SMILES string of the molecule is CC1(C)c2ccccc2-c2ccc(-c3c4c(c(-c5ccc6c(c5)C(C)(C)c5cccc7c5N6c5ccccc5C7(C)C)c5ccccc35)CCC=C4)cc21. The van der Waals surface area contributed by atoms with E-state index < -0.39 is 0 Å². The molecule has 2 heterocycles. The number of hydrogen-bond donors (Lipinski definition) is 0. The lowest BCUT2D eigenvalue weighted by atomic mass is 9.66. The average molecular weight is 696 g/mol. The largest absolute Gasteiger partial charge is 0.309 e. The van der Waals surface area contributed by atoms with Gasteiger partial charge in [-0.15, -0.1) is 0 Å². The molecule has 0 radical (unpaired) electrons. The molecule has 0 spiro atoms. The summed E-state index contributed by atoms with van der Waals surface area (Å²) >= 11 is 0. The van der Waals surface area contributed by atoms with Gasteiger partial charge in [-0.05, 0) is 126 Å². The lowest BCUT2D eigenvalue weighted by Gasteiger charge is -2.49. The summed E-state index contributed by atoms with van der Waals surface area (Å²) in [5.74, 6) is 0. The second kappa shape index (κ2) is 10.7. The monoisotopic (exact) mass is 695 g/mol. The van der Waals surface area contributed by atoms with Crippen molar-refractivity contribution in [3.8, 4) is 33.4 Å². The fourth-order valence-corrected chi connectivity index (χ4v) is 10.9. The van der Waals surface area contributed by atoms with Gasteiger partial charge in [-0.25, -0.2) is 0 Å². The first kappa shape index (κ1) is 31.8. The summed E-state index contributed by atoms with van der Waals surface area (Å²) in [7, 11) is 0. The van der Waals surface area contributed by atoms with Crippen molar-refractivity contribution < 1.29 is 0 Å². The number of rotatable bonds is 2. The highest BCUT2D eigenvalue weighted by molar-refractivity contribution is 6.10. The molecule has 7 aromatic carbocycles. The van der Waals surface area contributed by atoms with Crippen molar-refractivity contribution in [2.75, 3.05) is 4.90 Å². The van der Waals surface area contributed by atoms with Gasteiger partial charge < -0.3 is 4.90 Å². The molecule has 0 bridgehead atoms. The number of benzene rings is 7. The van der Waals surface area contributed by atoms with Crippen LogP contribution in [0.1, 0.15) is 92.5 Å². The first-order valence-electron chi connectivity index (χ1n) is 19.8. The Balaban J connectivity index is 1.14. The second-order valence-corrected chi connectivity index (χ2v) is 17.6. The van der Waals surface area contributed by atoms with E-state index in [4.69, 9.17) is 0 Å². The van der Waals surface area contributed by atoms with Crippen LogP contribution >= 0.6 is 0 Å². The molecular formula is C53H45N. The maximum Gasteiger partial charge on any atom is 0.0543 e. The summed E-state index contributed by atoms with van der Waals surface area (Å²) in [4.78, 5) is 2.57. The van der Waals surface area contributed by atoms with E-state index in [1.165, 1.54) is 106 Å². The zero-order valence-corrected chi connectivity index (χ0v) is 32.1. The van der Waals surface area contributed by atoms with Crippen LogP contribution in [0.3, 0.4) is 0 Å². The highest BCUT2D eigenvalue weighted by atomic mass is 15.2. The minimum atomic E-state index is -0.180. The molecule has 0 atom stereocenters. The smallest absolute Gasteiger partial charge is 0.0543 e. The summed E-state index contributed by atoms with van der Waals surface area (Å²) in [5, 5.41) is 2.66. The molecule has 2 aliphatic heterocycles. The van der Waals surface area contributed by atoms with Gasteiger partial charge in [0.25, 0.3) is 0 Å². The molecule has 1 heteroatoms. The molecule has 0 aromatic heterocycles. The Morgan fingerprint density at radius 2 is 1.02 bits per heavy atom. The van der Waals surface area contributed by atoms with E-state index in [0.29, 0.717) is 0 Å². The van der Waals surface area contributed by atoms with Crippen molar-refractivity contribution in [1.82, 2.24) is 0 Å². The van der Waals surface area contributed by atoms with E-state index in [-0.39, 0.29) is 16.2 Å². The number of hydrogen-bond acceptors (Lipinski definition) is 1. The Labute approximate surface area is 319 Å². The molecule has 4 aliphatic rings. The number of para-hydroxylation sites is 2. The van der Waals surface area contributed by atoms with Crippen LogP contribution in [0.25, 0.3) is 50.2 Å². The van der Waals surface area contributed by atoms with Crippen LogP contribution in [0.4, 0.5) is 17.1 Å². The van der Waals surface area contributed by atoms with Gasteiger partial charge in [0.05, 0.1) is 17.1 Å². The molecule has 1 nitrogen and oxygen atoms in total. The van der Waals surface area contributed by atoms with Crippen LogP contribution in [0.2, 0.25) is 0 Å². The molecule has 54 heavy (non-hydrogen) atoms. The van der Waals surface area contributed by atoms with Crippen molar-refractivity contribution in [2.24, 2.45) is 0 Å². The zero-order chi connectivity index (χ0) is 36.7. The minimum Gasteiger partial charge on any atom is -0.309 e. The average Bonchev–Trinajstić information content (AvgIpc) is 3.42. The quantitative estimate of drug-likeness (QED) is 0.174. The van der Waals surface area contributed by atoms with Crippen LogP contribution in [0.15, 0.2) is 133 Å². The maximum absolute atomic E-state index is 2.57.